The van der Waals surface area contributed by atoms with Crippen LogP contribution in [0.4, 0.5) is 0 Å². The highest BCUT2D eigenvalue weighted by Gasteiger charge is 2.26. The van der Waals surface area contributed by atoms with E-state index in [9.17, 15) is 5.11 Å². The van der Waals surface area contributed by atoms with Gasteiger partial charge in [-0.1, -0.05) is 31.0 Å². The van der Waals surface area contributed by atoms with E-state index in [2.05, 4.69) is 24.1 Å². The maximum absolute atomic E-state index is 10.1. The molecule has 1 saturated carbocycles. The van der Waals surface area contributed by atoms with E-state index < -0.39 is 0 Å². The average Bonchev–Trinajstić information content (AvgIpc) is 2.81. The van der Waals surface area contributed by atoms with Crippen LogP contribution < -0.4 is 0 Å². The lowest BCUT2D eigenvalue weighted by atomic mass is 9.91. The summed E-state index contributed by atoms with van der Waals surface area (Å²) in [5.41, 5.74) is 0.940. The molecule has 1 aliphatic rings. The Morgan fingerprint density at radius 2 is 2.05 bits per heavy atom. The number of aliphatic hydroxyl groups excluding tert-OH is 1. The first-order chi connectivity index (χ1) is 9.24. The third-order valence-electron chi connectivity index (χ3n) is 4.14. The minimum absolute atomic E-state index is 0.192. The van der Waals surface area contributed by atoms with Gasteiger partial charge in [0.1, 0.15) is 11.3 Å². The fraction of sp³-hybridized carbons (Fsp3) is 0.500. The molecule has 2 aromatic rings. The number of nitrogens with zero attached hydrogens (tertiary/aromatic N) is 1. The van der Waals surface area contributed by atoms with Crippen LogP contribution in [0.25, 0.3) is 11.0 Å². The van der Waals surface area contributed by atoms with Crippen LogP contribution >= 0.6 is 0 Å². The van der Waals surface area contributed by atoms with Gasteiger partial charge in [-0.25, -0.2) is 0 Å². The van der Waals surface area contributed by atoms with Gasteiger partial charge in [-0.3, -0.25) is 4.90 Å². The molecule has 3 nitrogen and oxygen atoms in total. The molecule has 102 valence electrons. The smallest absolute Gasteiger partial charge is 0.134 e. The summed E-state index contributed by atoms with van der Waals surface area (Å²) >= 11 is 0. The molecule has 0 spiro atoms. The van der Waals surface area contributed by atoms with Crippen LogP contribution in [0.3, 0.4) is 0 Å². The van der Waals surface area contributed by atoms with Gasteiger partial charge < -0.3 is 9.52 Å². The highest BCUT2D eigenvalue weighted by Crippen LogP contribution is 2.25. The first-order valence-corrected chi connectivity index (χ1v) is 7.10. The van der Waals surface area contributed by atoms with Crippen molar-refractivity contribution >= 4 is 11.0 Å². The molecule has 19 heavy (non-hydrogen) atoms. The molecule has 0 aliphatic heterocycles. The van der Waals surface area contributed by atoms with Gasteiger partial charge in [0.25, 0.3) is 0 Å². The molecule has 2 atom stereocenters. The van der Waals surface area contributed by atoms with Crippen molar-refractivity contribution in [1.82, 2.24) is 4.90 Å². The molecule has 2 unspecified atom stereocenters. The molecular weight excluding hydrogens is 238 g/mol. The quantitative estimate of drug-likeness (QED) is 0.919. The highest BCUT2D eigenvalue weighted by molar-refractivity contribution is 5.77. The zero-order valence-electron chi connectivity index (χ0n) is 11.4. The summed E-state index contributed by atoms with van der Waals surface area (Å²) in [5, 5.41) is 11.2. The van der Waals surface area contributed by atoms with Gasteiger partial charge in [0.05, 0.1) is 12.6 Å². The molecular formula is C16H21NO2. The lowest BCUT2D eigenvalue weighted by Crippen LogP contribution is -2.42. The summed E-state index contributed by atoms with van der Waals surface area (Å²) in [7, 11) is 2.08. The summed E-state index contributed by atoms with van der Waals surface area (Å²) in [4.78, 5) is 2.22. The largest absolute Gasteiger partial charge is 0.460 e. The van der Waals surface area contributed by atoms with Gasteiger partial charge in [0.2, 0.25) is 0 Å². The molecule has 1 aromatic carbocycles. The molecule has 1 aromatic heterocycles. The normalized spacial score (nSPS) is 24.2. The van der Waals surface area contributed by atoms with Gasteiger partial charge in [-0.2, -0.15) is 0 Å². The Morgan fingerprint density at radius 1 is 1.26 bits per heavy atom. The van der Waals surface area contributed by atoms with Crippen LogP contribution in [0, 0.1) is 0 Å². The number of fused-ring (bicyclic) bond motifs is 1. The van der Waals surface area contributed by atoms with E-state index in [0.717, 1.165) is 42.5 Å². The SMILES string of the molecule is CN(Cc1cc2ccccc2o1)C1CCCCC1O. The van der Waals surface area contributed by atoms with Gasteiger partial charge in [0.15, 0.2) is 0 Å². The fourth-order valence-corrected chi connectivity index (χ4v) is 3.08. The first kappa shape index (κ1) is 12.7. The van der Waals surface area contributed by atoms with Crippen LogP contribution in [-0.2, 0) is 6.54 Å². The Labute approximate surface area is 113 Å². The molecule has 0 radical (unpaired) electrons. The monoisotopic (exact) mass is 259 g/mol. The second-order valence-electron chi connectivity index (χ2n) is 5.58. The predicted molar refractivity (Wildman–Crippen MR) is 75.9 cm³/mol. The Kier molecular flexibility index (Phi) is 3.58. The van der Waals surface area contributed by atoms with Crippen molar-refractivity contribution in [3.05, 3.63) is 36.1 Å². The van der Waals surface area contributed by atoms with Gasteiger partial charge in [-0.05, 0) is 32.0 Å². The average molecular weight is 259 g/mol. The molecule has 0 saturated heterocycles. The molecule has 1 fully saturated rings. The summed E-state index contributed by atoms with van der Waals surface area (Å²) in [6, 6.07) is 10.4. The molecule has 1 aliphatic carbocycles. The van der Waals surface area contributed by atoms with Crippen molar-refractivity contribution in [3.63, 3.8) is 0 Å². The molecule has 1 heterocycles. The Balaban J connectivity index is 1.73. The number of furan rings is 1. The Bertz CT molecular complexity index is 515. The molecule has 3 heteroatoms. The van der Waals surface area contributed by atoms with Crippen molar-refractivity contribution in [2.75, 3.05) is 7.05 Å². The third-order valence-corrected chi connectivity index (χ3v) is 4.14. The number of para-hydroxylation sites is 1. The minimum atomic E-state index is -0.192. The predicted octanol–water partition coefficient (Wildman–Crippen LogP) is 3.17. The molecule has 0 bridgehead atoms. The van der Waals surface area contributed by atoms with Gasteiger partial charge in [0, 0.05) is 11.4 Å². The first-order valence-electron chi connectivity index (χ1n) is 7.10. The van der Waals surface area contributed by atoms with Crippen molar-refractivity contribution in [3.8, 4) is 0 Å². The number of hydrogen-bond donors (Lipinski definition) is 1. The van der Waals surface area contributed by atoms with Gasteiger partial charge in [-0.15, -0.1) is 0 Å². The Hall–Kier alpha value is -1.32. The van der Waals surface area contributed by atoms with Crippen LogP contribution in [0.1, 0.15) is 31.4 Å². The van der Waals surface area contributed by atoms with E-state index in [0.29, 0.717) is 0 Å². The van der Waals surface area contributed by atoms with E-state index in [-0.39, 0.29) is 12.1 Å². The molecule has 1 N–H and O–H groups in total. The summed E-state index contributed by atoms with van der Waals surface area (Å²) < 4.78 is 5.84. The summed E-state index contributed by atoms with van der Waals surface area (Å²) in [6.07, 6.45) is 4.18. The van der Waals surface area contributed by atoms with E-state index in [1.54, 1.807) is 0 Å². The van der Waals surface area contributed by atoms with Crippen molar-refractivity contribution < 1.29 is 9.52 Å². The second-order valence-corrected chi connectivity index (χ2v) is 5.58. The van der Waals surface area contributed by atoms with Crippen molar-refractivity contribution in [2.24, 2.45) is 0 Å². The molecule has 0 amide bonds. The maximum Gasteiger partial charge on any atom is 0.134 e. The fourth-order valence-electron chi connectivity index (χ4n) is 3.08. The zero-order chi connectivity index (χ0) is 13.2. The number of rotatable bonds is 3. The van der Waals surface area contributed by atoms with E-state index in [4.69, 9.17) is 4.42 Å². The topological polar surface area (TPSA) is 36.6 Å². The number of benzene rings is 1. The Morgan fingerprint density at radius 3 is 2.84 bits per heavy atom. The number of hydrogen-bond acceptors (Lipinski definition) is 3. The number of likely N-dealkylation sites (N-methyl/N-ethyl adjacent to an activating group) is 1. The van der Waals surface area contributed by atoms with Crippen LogP contribution in [-0.4, -0.2) is 29.2 Å². The summed E-state index contributed by atoms with van der Waals surface area (Å²) in [5.74, 6) is 0.974. The van der Waals surface area contributed by atoms with Gasteiger partial charge >= 0.3 is 0 Å². The molecule has 3 rings (SSSR count). The van der Waals surface area contributed by atoms with Crippen molar-refractivity contribution in [2.45, 2.75) is 44.4 Å². The lowest BCUT2D eigenvalue weighted by Gasteiger charge is -2.34. The van der Waals surface area contributed by atoms with Crippen LogP contribution in [0.15, 0.2) is 34.7 Å². The summed E-state index contributed by atoms with van der Waals surface area (Å²) in [6.45, 7) is 0.760. The highest BCUT2D eigenvalue weighted by atomic mass is 16.3. The number of aliphatic hydroxyl groups is 1. The van der Waals surface area contributed by atoms with Crippen LogP contribution in [0.5, 0.6) is 0 Å². The maximum atomic E-state index is 10.1. The van der Waals surface area contributed by atoms with Crippen molar-refractivity contribution in [1.29, 1.82) is 0 Å². The van der Waals surface area contributed by atoms with E-state index >= 15 is 0 Å². The second kappa shape index (κ2) is 5.35. The van der Waals surface area contributed by atoms with E-state index in [1.165, 1.54) is 6.42 Å². The van der Waals surface area contributed by atoms with Crippen LogP contribution in [0.2, 0.25) is 0 Å². The van der Waals surface area contributed by atoms with E-state index in [1.807, 2.05) is 18.2 Å². The standard InChI is InChI=1S/C16H21NO2/c1-17(14-7-3-4-8-15(14)18)11-13-10-12-6-2-5-9-16(12)19-13/h2,5-6,9-10,14-15,18H,3-4,7-8,11H2,1H3. The third kappa shape index (κ3) is 2.67. The minimum Gasteiger partial charge on any atom is -0.460 e. The lowest BCUT2D eigenvalue weighted by molar-refractivity contribution is 0.0264. The zero-order valence-corrected chi connectivity index (χ0v) is 11.4.